The smallest absolute Gasteiger partial charge is 0.346 e. The Labute approximate surface area is 143 Å². The number of thiophene rings is 1. The molecule has 1 N–H and O–H groups in total. The van der Waals surface area contributed by atoms with Crippen molar-refractivity contribution < 1.29 is 18.7 Å². The van der Waals surface area contributed by atoms with Gasteiger partial charge in [-0.3, -0.25) is 4.98 Å². The molecule has 0 aliphatic rings. The quantitative estimate of drug-likeness (QED) is 0.598. The summed E-state index contributed by atoms with van der Waals surface area (Å²) < 4.78 is 29.0. The van der Waals surface area contributed by atoms with E-state index in [-0.39, 0.29) is 32.1 Å². The molecule has 0 saturated carbocycles. The number of pyridine rings is 1. The molecule has 0 fully saturated rings. The Morgan fingerprint density at radius 1 is 1.30 bits per heavy atom. The summed E-state index contributed by atoms with van der Waals surface area (Å²) in [7, 11) is 0. The van der Waals surface area contributed by atoms with Crippen LogP contribution >= 0.6 is 34.5 Å². The molecule has 0 saturated heterocycles. The van der Waals surface area contributed by atoms with Crippen molar-refractivity contribution in [1.82, 2.24) is 4.98 Å². The van der Waals surface area contributed by atoms with Gasteiger partial charge in [0, 0.05) is 22.9 Å². The van der Waals surface area contributed by atoms with Gasteiger partial charge in [0.25, 0.3) is 0 Å². The molecule has 0 atom stereocenters. The first-order valence-corrected chi connectivity index (χ1v) is 7.84. The van der Waals surface area contributed by atoms with Gasteiger partial charge in [0.1, 0.15) is 16.5 Å². The summed E-state index contributed by atoms with van der Waals surface area (Å²) in [6, 6.07) is 2.41. The van der Waals surface area contributed by atoms with Crippen LogP contribution in [0.3, 0.4) is 0 Å². The fraction of sp³-hybridized carbons (Fsp3) is 0.0667. The first-order valence-electron chi connectivity index (χ1n) is 6.27. The maximum absolute atomic E-state index is 14.6. The number of hydrogen-bond acceptors (Lipinski definition) is 3. The highest BCUT2D eigenvalue weighted by Gasteiger charge is 2.25. The lowest BCUT2D eigenvalue weighted by atomic mass is 10.0. The first-order chi connectivity index (χ1) is 10.8. The molecule has 23 heavy (non-hydrogen) atoms. The summed E-state index contributed by atoms with van der Waals surface area (Å²) in [6.45, 7) is 1.32. The Bertz CT molecular complexity index is 972. The second-order valence-corrected chi connectivity index (χ2v) is 6.64. The maximum Gasteiger partial charge on any atom is 0.346 e. The average molecular weight is 374 g/mol. The molecule has 118 valence electrons. The van der Waals surface area contributed by atoms with Crippen LogP contribution in [-0.2, 0) is 0 Å². The Hall–Kier alpha value is -1.76. The molecule has 3 nitrogen and oxygen atoms in total. The Balaban J connectivity index is 2.45. The highest BCUT2D eigenvalue weighted by Crippen LogP contribution is 2.41. The number of carboxylic acids is 1. The van der Waals surface area contributed by atoms with Gasteiger partial charge in [-0.2, -0.15) is 0 Å². The molecule has 0 amide bonds. The van der Waals surface area contributed by atoms with Gasteiger partial charge >= 0.3 is 5.97 Å². The van der Waals surface area contributed by atoms with Crippen LogP contribution in [0.25, 0.3) is 21.3 Å². The maximum atomic E-state index is 14.6. The predicted octanol–water partition coefficient (Wildman–Crippen LogP) is 5.55. The number of fused-ring (bicyclic) bond motifs is 1. The van der Waals surface area contributed by atoms with Crippen LogP contribution in [0, 0.1) is 18.6 Å². The monoisotopic (exact) mass is 373 g/mol. The normalized spacial score (nSPS) is 11.2. The van der Waals surface area contributed by atoms with Gasteiger partial charge < -0.3 is 5.11 Å². The Kier molecular flexibility index (Phi) is 4.00. The van der Waals surface area contributed by atoms with Gasteiger partial charge in [-0.05, 0) is 19.1 Å². The number of carbonyl (C=O) groups is 1. The van der Waals surface area contributed by atoms with Crippen molar-refractivity contribution in [3.05, 3.63) is 50.4 Å². The average Bonchev–Trinajstić information content (AvgIpc) is 2.87. The number of carboxylic acid groups (broad SMARTS) is 1. The van der Waals surface area contributed by atoms with Crippen LogP contribution in [0.5, 0.6) is 0 Å². The second kappa shape index (κ2) is 5.70. The van der Waals surface area contributed by atoms with Crippen LogP contribution < -0.4 is 0 Å². The van der Waals surface area contributed by atoms with E-state index in [2.05, 4.69) is 4.98 Å². The van der Waals surface area contributed by atoms with Gasteiger partial charge in [0.2, 0.25) is 0 Å². The van der Waals surface area contributed by atoms with Gasteiger partial charge in [0.15, 0.2) is 0 Å². The van der Waals surface area contributed by atoms with E-state index in [4.69, 9.17) is 23.2 Å². The fourth-order valence-corrected chi connectivity index (χ4v) is 3.68. The predicted molar refractivity (Wildman–Crippen MR) is 86.7 cm³/mol. The van der Waals surface area contributed by atoms with Crippen LogP contribution in [0.15, 0.2) is 18.3 Å². The second-order valence-electron chi connectivity index (χ2n) is 4.77. The van der Waals surface area contributed by atoms with Gasteiger partial charge in [-0.1, -0.05) is 23.2 Å². The van der Waals surface area contributed by atoms with Crippen molar-refractivity contribution in [3.8, 4) is 11.1 Å². The van der Waals surface area contributed by atoms with Crippen LogP contribution in [0.2, 0.25) is 10.0 Å². The fourth-order valence-electron chi connectivity index (χ4n) is 2.27. The van der Waals surface area contributed by atoms with E-state index in [9.17, 15) is 18.7 Å². The van der Waals surface area contributed by atoms with Crippen molar-refractivity contribution >= 4 is 50.7 Å². The minimum atomic E-state index is -1.26. The van der Waals surface area contributed by atoms with Crippen molar-refractivity contribution in [2.45, 2.75) is 6.92 Å². The molecule has 0 bridgehead atoms. The Morgan fingerprint density at radius 2 is 2.00 bits per heavy atom. The first kappa shape index (κ1) is 16.1. The van der Waals surface area contributed by atoms with Gasteiger partial charge in [-0.15, -0.1) is 11.3 Å². The third kappa shape index (κ3) is 2.56. The van der Waals surface area contributed by atoms with E-state index in [1.807, 2.05) is 0 Å². The highest BCUT2D eigenvalue weighted by atomic mass is 35.5. The molecule has 0 radical (unpaired) electrons. The zero-order valence-electron chi connectivity index (χ0n) is 11.5. The minimum absolute atomic E-state index is 0.0188. The molecule has 8 heteroatoms. The van der Waals surface area contributed by atoms with Crippen molar-refractivity contribution in [2.75, 3.05) is 0 Å². The largest absolute Gasteiger partial charge is 0.477 e. The molecular formula is C15H7Cl2F2NO2S. The zero-order valence-corrected chi connectivity index (χ0v) is 13.8. The standard InChI is InChI=1S/C15H7Cl2F2NO2S/c1-5-11(17)8(18)3-7(12(5)19)10-13-9(2-6(16)4-20-13)23-14(10)15(21)22/h2-4H,1H3,(H,21,22). The molecular weight excluding hydrogens is 367 g/mol. The summed E-state index contributed by atoms with van der Waals surface area (Å²) in [4.78, 5) is 15.4. The number of aromatic carboxylic acids is 1. The van der Waals surface area contributed by atoms with E-state index in [0.29, 0.717) is 9.72 Å². The molecule has 0 aliphatic carbocycles. The number of rotatable bonds is 2. The van der Waals surface area contributed by atoms with E-state index >= 15 is 0 Å². The van der Waals surface area contributed by atoms with E-state index in [1.54, 1.807) is 0 Å². The minimum Gasteiger partial charge on any atom is -0.477 e. The topological polar surface area (TPSA) is 50.2 Å². The lowest BCUT2D eigenvalue weighted by Gasteiger charge is -2.09. The third-order valence-electron chi connectivity index (χ3n) is 3.33. The zero-order chi connectivity index (χ0) is 16.9. The van der Waals surface area contributed by atoms with E-state index in [1.165, 1.54) is 19.2 Å². The Morgan fingerprint density at radius 3 is 2.65 bits per heavy atom. The summed E-state index contributed by atoms with van der Waals surface area (Å²) in [6.07, 6.45) is 1.32. The molecule has 3 aromatic rings. The summed E-state index contributed by atoms with van der Waals surface area (Å²) in [5.41, 5.74) is -0.0173. The van der Waals surface area contributed by atoms with E-state index in [0.717, 1.165) is 17.4 Å². The summed E-state index contributed by atoms with van der Waals surface area (Å²) >= 11 is 12.4. The van der Waals surface area contributed by atoms with Crippen LogP contribution in [0.4, 0.5) is 8.78 Å². The molecule has 2 heterocycles. The molecule has 0 unspecified atom stereocenters. The van der Waals surface area contributed by atoms with Crippen LogP contribution in [0.1, 0.15) is 15.2 Å². The van der Waals surface area contributed by atoms with E-state index < -0.39 is 17.6 Å². The summed E-state index contributed by atoms with van der Waals surface area (Å²) in [5, 5.41) is 9.37. The number of hydrogen-bond donors (Lipinski definition) is 1. The summed E-state index contributed by atoms with van der Waals surface area (Å²) in [5.74, 6) is -2.87. The molecule has 0 aliphatic heterocycles. The molecule has 3 rings (SSSR count). The van der Waals surface area contributed by atoms with Gasteiger partial charge in [-0.25, -0.2) is 13.6 Å². The molecule has 0 spiro atoms. The van der Waals surface area contributed by atoms with Crippen molar-refractivity contribution in [2.24, 2.45) is 0 Å². The lowest BCUT2D eigenvalue weighted by Crippen LogP contribution is -1.99. The number of benzene rings is 1. The number of halogens is 4. The van der Waals surface area contributed by atoms with Crippen molar-refractivity contribution in [3.63, 3.8) is 0 Å². The lowest BCUT2D eigenvalue weighted by molar-refractivity contribution is 0.0703. The highest BCUT2D eigenvalue weighted by molar-refractivity contribution is 7.21. The van der Waals surface area contributed by atoms with Crippen LogP contribution in [-0.4, -0.2) is 16.1 Å². The molecule has 2 aromatic heterocycles. The van der Waals surface area contributed by atoms with Crippen molar-refractivity contribution in [1.29, 1.82) is 0 Å². The molecule has 1 aromatic carbocycles. The third-order valence-corrected chi connectivity index (χ3v) is 5.12. The SMILES string of the molecule is Cc1c(F)c(-c2c(C(=O)O)sc3cc(Cl)cnc23)cc(F)c1Cl. The number of aromatic nitrogens is 1. The number of nitrogens with zero attached hydrogens (tertiary/aromatic N) is 1. The van der Waals surface area contributed by atoms with Gasteiger partial charge in [0.05, 0.1) is 20.3 Å².